The highest BCUT2D eigenvalue weighted by Gasteiger charge is 2.55. The molecular weight excluding hydrogens is 574 g/mol. The lowest BCUT2D eigenvalue weighted by Crippen LogP contribution is -2.58. The van der Waals surface area contributed by atoms with Gasteiger partial charge in [0.2, 0.25) is 5.91 Å². The van der Waals surface area contributed by atoms with Gasteiger partial charge in [-0.1, -0.05) is 52.6 Å². The van der Waals surface area contributed by atoms with Crippen molar-refractivity contribution in [1.29, 1.82) is 0 Å². The summed E-state index contributed by atoms with van der Waals surface area (Å²) in [4.78, 5) is 47.9. The molecular formula is C35H45N3O5S. The first-order valence-corrected chi connectivity index (χ1v) is 16.5. The number of aromatic nitrogens is 1. The van der Waals surface area contributed by atoms with E-state index in [1.165, 1.54) is 11.9 Å². The monoisotopic (exact) mass is 619 g/mol. The van der Waals surface area contributed by atoms with E-state index >= 15 is 0 Å². The zero-order valence-electron chi connectivity index (χ0n) is 27.4. The third-order valence-corrected chi connectivity index (χ3v) is 10.1. The van der Waals surface area contributed by atoms with Crippen LogP contribution in [0.4, 0.5) is 0 Å². The minimum atomic E-state index is -0.569. The molecule has 2 aliphatic heterocycles. The number of allylic oxidation sites excluding steroid dienone is 2. The average Bonchev–Trinajstić information content (AvgIpc) is 2.96. The van der Waals surface area contributed by atoms with Gasteiger partial charge in [-0.3, -0.25) is 19.1 Å². The number of carbonyl (C=O) groups excluding carboxylic acids is 3. The molecule has 1 aromatic carbocycles. The minimum Gasteiger partial charge on any atom is -0.496 e. The largest absolute Gasteiger partial charge is 0.496 e. The molecule has 5 rings (SSSR count). The fraction of sp³-hybridized carbons (Fsp3) is 0.543. The van der Waals surface area contributed by atoms with Crippen LogP contribution in [0.15, 0.2) is 35.6 Å². The third-order valence-electron chi connectivity index (χ3n) is 9.52. The first-order chi connectivity index (χ1) is 20.8. The lowest BCUT2D eigenvalue weighted by Gasteiger charge is -2.51. The molecule has 8 nitrogen and oxygen atoms in total. The van der Waals surface area contributed by atoms with Gasteiger partial charge in [-0.15, -0.1) is 0 Å². The molecule has 3 aliphatic rings. The molecule has 9 heteroatoms. The standard InChI is InChI=1S/C35H45N3O5S/c1-10-44-37-33(40)32-19(4)11-13-22(36-32)21-12-14-25(42-9)28(20(21)5)31-29-24(39)16-35(6,7)17-27(29)43-26-15-23(18(2)3)38(8)34(41)30(26)31/h11-14,18,23,26,30-31H,10,15-17H2,1-9H3,(H,37,40)/t23-,26-,30-,31-/m0/s1. The van der Waals surface area contributed by atoms with Gasteiger partial charge in [0.05, 0.1) is 18.7 Å². The number of nitrogens with zero attached hydrogens (tertiary/aromatic N) is 2. The van der Waals surface area contributed by atoms with Crippen LogP contribution in [-0.4, -0.2) is 59.5 Å². The number of amides is 2. The number of nitrogens with one attached hydrogen (secondary N) is 1. The van der Waals surface area contributed by atoms with Crippen LogP contribution in [0.3, 0.4) is 0 Å². The van der Waals surface area contributed by atoms with E-state index in [9.17, 15) is 14.4 Å². The number of piperidine rings is 1. The molecule has 0 unspecified atom stereocenters. The van der Waals surface area contributed by atoms with E-state index < -0.39 is 11.8 Å². The predicted molar refractivity (Wildman–Crippen MR) is 173 cm³/mol. The lowest BCUT2D eigenvalue weighted by molar-refractivity contribution is -0.154. The lowest BCUT2D eigenvalue weighted by atomic mass is 9.64. The maximum atomic E-state index is 14.3. The summed E-state index contributed by atoms with van der Waals surface area (Å²) >= 11 is 1.33. The van der Waals surface area contributed by atoms with Gasteiger partial charge in [0.25, 0.3) is 5.91 Å². The summed E-state index contributed by atoms with van der Waals surface area (Å²) in [5.41, 5.74) is 4.65. The Labute approximate surface area is 265 Å². The number of fused-ring (bicyclic) bond motifs is 1. The number of rotatable bonds is 7. The number of ketones is 1. The van der Waals surface area contributed by atoms with Crippen LogP contribution >= 0.6 is 11.9 Å². The first kappa shape index (κ1) is 32.1. The van der Waals surface area contributed by atoms with Gasteiger partial charge in [0, 0.05) is 60.7 Å². The number of hydrogen-bond acceptors (Lipinski definition) is 7. The fourth-order valence-corrected chi connectivity index (χ4v) is 7.73. The number of likely N-dealkylation sites (tertiary alicyclic amines) is 1. The summed E-state index contributed by atoms with van der Waals surface area (Å²) < 4.78 is 15.5. The Hall–Kier alpha value is -3.33. The highest BCUT2D eigenvalue weighted by atomic mass is 32.2. The van der Waals surface area contributed by atoms with Crippen LogP contribution < -0.4 is 9.46 Å². The van der Waals surface area contributed by atoms with Crippen molar-refractivity contribution < 1.29 is 23.9 Å². The van der Waals surface area contributed by atoms with Crippen molar-refractivity contribution in [2.75, 3.05) is 19.9 Å². The van der Waals surface area contributed by atoms with Crippen LogP contribution in [0.5, 0.6) is 5.75 Å². The molecule has 236 valence electrons. The van der Waals surface area contributed by atoms with Gasteiger partial charge in [-0.2, -0.15) is 0 Å². The van der Waals surface area contributed by atoms with Crippen LogP contribution in [0.25, 0.3) is 11.3 Å². The number of Topliss-reactive ketones (excluding diaryl/α,β-unsaturated/α-hetero) is 1. The molecule has 1 fully saturated rings. The van der Waals surface area contributed by atoms with Gasteiger partial charge in [0.15, 0.2) is 5.78 Å². The van der Waals surface area contributed by atoms with Gasteiger partial charge in [-0.25, -0.2) is 4.98 Å². The van der Waals surface area contributed by atoms with Crippen LogP contribution in [0, 0.1) is 31.1 Å². The minimum absolute atomic E-state index is 0.0122. The van der Waals surface area contributed by atoms with E-state index in [2.05, 4.69) is 32.4 Å². The number of pyridine rings is 1. The maximum Gasteiger partial charge on any atom is 0.279 e. The summed E-state index contributed by atoms with van der Waals surface area (Å²) in [5, 5.41) is 0. The second kappa shape index (κ2) is 12.2. The summed E-state index contributed by atoms with van der Waals surface area (Å²) in [6, 6.07) is 7.69. The zero-order valence-corrected chi connectivity index (χ0v) is 28.2. The number of ether oxygens (including phenoxy) is 2. The van der Waals surface area contributed by atoms with E-state index in [0.29, 0.717) is 47.7 Å². The summed E-state index contributed by atoms with van der Waals surface area (Å²) in [7, 11) is 3.49. The number of hydrogen-bond donors (Lipinski definition) is 1. The van der Waals surface area contributed by atoms with Gasteiger partial charge in [0.1, 0.15) is 23.3 Å². The van der Waals surface area contributed by atoms with Gasteiger partial charge >= 0.3 is 0 Å². The molecule has 3 heterocycles. The molecule has 2 amide bonds. The Balaban J connectivity index is 1.71. The first-order valence-electron chi connectivity index (χ1n) is 15.6. The third kappa shape index (κ3) is 5.64. The van der Waals surface area contributed by atoms with E-state index in [4.69, 9.17) is 14.5 Å². The van der Waals surface area contributed by atoms with E-state index in [-0.39, 0.29) is 41.1 Å². The van der Waals surface area contributed by atoms with Crippen molar-refractivity contribution in [3.63, 3.8) is 0 Å². The van der Waals surface area contributed by atoms with E-state index in [1.54, 1.807) is 7.11 Å². The predicted octanol–water partition coefficient (Wildman–Crippen LogP) is 6.40. The molecule has 1 aromatic heterocycles. The van der Waals surface area contributed by atoms with Crippen molar-refractivity contribution in [2.45, 2.75) is 85.8 Å². The average molecular weight is 620 g/mol. The molecule has 1 aliphatic carbocycles. The van der Waals surface area contributed by atoms with Crippen molar-refractivity contribution >= 4 is 29.5 Å². The molecule has 1 N–H and O–H groups in total. The molecule has 1 saturated heterocycles. The fourth-order valence-electron chi connectivity index (χ4n) is 7.35. The van der Waals surface area contributed by atoms with Crippen molar-refractivity contribution in [3.8, 4) is 17.0 Å². The molecule has 4 atom stereocenters. The Bertz CT molecular complexity index is 1530. The smallest absolute Gasteiger partial charge is 0.279 e. The Morgan fingerprint density at radius 2 is 1.91 bits per heavy atom. The zero-order chi connectivity index (χ0) is 32.1. The number of methoxy groups -OCH3 is 1. The molecule has 0 bridgehead atoms. The topological polar surface area (TPSA) is 97.8 Å². The molecule has 2 aromatic rings. The van der Waals surface area contributed by atoms with Gasteiger partial charge < -0.3 is 14.4 Å². The van der Waals surface area contributed by atoms with Crippen LogP contribution in [-0.2, 0) is 14.3 Å². The SMILES string of the molecule is CCSNC(=O)c1nc(-c2ccc(OC)c([C@H]3C4=C(CC(C)(C)CC4=O)O[C@H]4C[C@@H](C(C)C)N(C)C(=O)[C@@H]43)c2C)ccc1C. The second-order valence-electron chi connectivity index (χ2n) is 13.5. The quantitative estimate of drug-likeness (QED) is 0.358. The van der Waals surface area contributed by atoms with E-state index in [1.807, 2.05) is 57.0 Å². The number of benzene rings is 1. The Morgan fingerprint density at radius 3 is 2.57 bits per heavy atom. The molecule has 0 radical (unpaired) electrons. The molecule has 0 spiro atoms. The number of carbonyl (C=O) groups is 3. The highest BCUT2D eigenvalue weighted by Crippen LogP contribution is 2.54. The van der Waals surface area contributed by atoms with Crippen LogP contribution in [0.1, 0.15) is 87.0 Å². The molecule has 0 saturated carbocycles. The normalized spacial score (nSPS) is 24.5. The summed E-state index contributed by atoms with van der Waals surface area (Å²) in [6.45, 7) is 14.3. The second-order valence-corrected chi connectivity index (χ2v) is 14.6. The molecule has 44 heavy (non-hydrogen) atoms. The maximum absolute atomic E-state index is 14.3. The number of aryl methyl sites for hydroxylation is 1. The van der Waals surface area contributed by atoms with Crippen molar-refractivity contribution in [1.82, 2.24) is 14.6 Å². The van der Waals surface area contributed by atoms with Crippen molar-refractivity contribution in [3.05, 3.63) is 58.0 Å². The Morgan fingerprint density at radius 1 is 1.18 bits per heavy atom. The Kier molecular flexibility index (Phi) is 8.91. The van der Waals surface area contributed by atoms with Crippen LogP contribution in [0.2, 0.25) is 0 Å². The summed E-state index contributed by atoms with van der Waals surface area (Å²) in [5.74, 6) is 1.02. The summed E-state index contributed by atoms with van der Waals surface area (Å²) in [6.07, 6.45) is 1.37. The van der Waals surface area contributed by atoms with E-state index in [0.717, 1.165) is 28.0 Å². The highest BCUT2D eigenvalue weighted by molar-refractivity contribution is 7.97. The van der Waals surface area contributed by atoms with Crippen molar-refractivity contribution in [2.24, 2.45) is 17.3 Å². The van der Waals surface area contributed by atoms with Gasteiger partial charge in [-0.05, 0) is 54.5 Å².